The molecule has 1 amide bonds. The van der Waals surface area contributed by atoms with Gasteiger partial charge in [0.25, 0.3) is 0 Å². The Morgan fingerprint density at radius 2 is 1.91 bits per heavy atom. The zero-order chi connectivity index (χ0) is 16.9. The van der Waals surface area contributed by atoms with Crippen LogP contribution in [-0.2, 0) is 4.79 Å². The van der Waals surface area contributed by atoms with E-state index in [1.807, 2.05) is 56.9 Å². The van der Waals surface area contributed by atoms with Crippen molar-refractivity contribution in [2.75, 3.05) is 13.1 Å². The molecule has 1 aromatic rings. The van der Waals surface area contributed by atoms with E-state index in [0.29, 0.717) is 6.54 Å². The number of likely N-dealkylation sites (N-methyl/N-ethyl adjacent to an activating group) is 1. The summed E-state index contributed by atoms with van der Waals surface area (Å²) in [6.45, 7) is 12.6. The van der Waals surface area contributed by atoms with Crippen LogP contribution in [0.1, 0.15) is 51.8 Å². The molecule has 1 rings (SSSR count). The summed E-state index contributed by atoms with van der Waals surface area (Å²) in [6.07, 6.45) is 0. The highest BCUT2D eigenvalue weighted by molar-refractivity contribution is 5.81. The molecule has 0 aromatic heterocycles. The van der Waals surface area contributed by atoms with E-state index >= 15 is 0 Å². The van der Waals surface area contributed by atoms with Gasteiger partial charge in [-0.15, -0.1) is 0 Å². The molecule has 124 valence electrons. The van der Waals surface area contributed by atoms with E-state index in [0.717, 1.165) is 12.1 Å². The minimum Gasteiger partial charge on any atom is -0.389 e. The van der Waals surface area contributed by atoms with E-state index in [1.165, 1.54) is 5.56 Å². The van der Waals surface area contributed by atoms with Crippen molar-refractivity contribution in [3.63, 3.8) is 0 Å². The number of aryl methyl sites for hydroxylation is 1. The molecule has 2 atom stereocenters. The molecule has 0 aliphatic rings. The zero-order valence-corrected chi connectivity index (χ0v) is 14.7. The molecule has 2 N–H and O–H groups in total. The molecule has 0 heterocycles. The Morgan fingerprint density at radius 3 is 2.41 bits per heavy atom. The largest absolute Gasteiger partial charge is 0.389 e. The summed E-state index contributed by atoms with van der Waals surface area (Å²) >= 11 is 0. The van der Waals surface area contributed by atoms with E-state index in [4.69, 9.17) is 0 Å². The minimum absolute atomic E-state index is 0.0122. The van der Waals surface area contributed by atoms with Gasteiger partial charge in [0.2, 0.25) is 5.91 Å². The van der Waals surface area contributed by atoms with E-state index < -0.39 is 5.60 Å². The third-order valence-corrected chi connectivity index (χ3v) is 3.94. The van der Waals surface area contributed by atoms with Gasteiger partial charge in [0, 0.05) is 6.54 Å². The van der Waals surface area contributed by atoms with Gasteiger partial charge in [-0.3, -0.25) is 9.69 Å². The van der Waals surface area contributed by atoms with Crippen molar-refractivity contribution >= 4 is 5.91 Å². The van der Waals surface area contributed by atoms with E-state index in [-0.39, 0.29) is 18.0 Å². The Hall–Kier alpha value is -1.39. The number of nitrogens with one attached hydrogen (secondary N) is 1. The average molecular weight is 306 g/mol. The van der Waals surface area contributed by atoms with Crippen LogP contribution in [0, 0.1) is 6.92 Å². The second-order valence-corrected chi connectivity index (χ2v) is 6.64. The number of aliphatic hydroxyl groups is 1. The van der Waals surface area contributed by atoms with E-state index in [9.17, 15) is 9.90 Å². The summed E-state index contributed by atoms with van der Waals surface area (Å²) in [5.41, 5.74) is 1.49. The smallest absolute Gasteiger partial charge is 0.237 e. The molecule has 2 unspecified atom stereocenters. The summed E-state index contributed by atoms with van der Waals surface area (Å²) < 4.78 is 0. The van der Waals surface area contributed by atoms with E-state index in [1.54, 1.807) is 13.8 Å². The molecule has 4 nitrogen and oxygen atoms in total. The van der Waals surface area contributed by atoms with Crippen molar-refractivity contribution < 1.29 is 9.90 Å². The number of hydrogen-bond donors (Lipinski definition) is 2. The van der Waals surface area contributed by atoms with Crippen molar-refractivity contribution in [2.45, 2.75) is 59.2 Å². The second kappa shape index (κ2) is 7.75. The van der Waals surface area contributed by atoms with Crippen molar-refractivity contribution in [2.24, 2.45) is 0 Å². The van der Waals surface area contributed by atoms with Gasteiger partial charge in [-0.05, 0) is 52.3 Å². The van der Waals surface area contributed by atoms with Crippen LogP contribution in [0.25, 0.3) is 0 Å². The third-order valence-electron chi connectivity index (χ3n) is 3.94. The Bertz CT molecular complexity index is 494. The summed E-state index contributed by atoms with van der Waals surface area (Å²) in [7, 11) is 0. The highest BCUT2D eigenvalue weighted by Crippen LogP contribution is 2.17. The fraction of sp³-hybridized carbons (Fsp3) is 0.611. The van der Waals surface area contributed by atoms with Gasteiger partial charge >= 0.3 is 0 Å². The molecule has 22 heavy (non-hydrogen) atoms. The maximum Gasteiger partial charge on any atom is 0.237 e. The lowest BCUT2D eigenvalue weighted by Crippen LogP contribution is -2.50. The molecule has 0 aliphatic carbocycles. The number of carbonyl (C=O) groups is 1. The Kier molecular flexibility index (Phi) is 6.57. The van der Waals surface area contributed by atoms with Gasteiger partial charge in [-0.25, -0.2) is 0 Å². The summed E-state index contributed by atoms with van der Waals surface area (Å²) in [6, 6.07) is 7.77. The maximum absolute atomic E-state index is 12.5. The van der Waals surface area contributed by atoms with Crippen LogP contribution in [0.3, 0.4) is 0 Å². The van der Waals surface area contributed by atoms with Gasteiger partial charge < -0.3 is 10.4 Å². The summed E-state index contributed by atoms with van der Waals surface area (Å²) in [5.74, 6) is -0.0122. The summed E-state index contributed by atoms with van der Waals surface area (Å²) in [5, 5.41) is 13.0. The van der Waals surface area contributed by atoms with Crippen molar-refractivity contribution in [3.8, 4) is 0 Å². The number of benzene rings is 1. The van der Waals surface area contributed by atoms with Gasteiger partial charge in [-0.1, -0.05) is 31.2 Å². The molecule has 0 fully saturated rings. The lowest BCUT2D eigenvalue weighted by Gasteiger charge is -2.32. The molecule has 0 spiro atoms. The number of hydrogen-bond acceptors (Lipinski definition) is 3. The Morgan fingerprint density at radius 1 is 1.32 bits per heavy atom. The zero-order valence-electron chi connectivity index (χ0n) is 14.7. The predicted molar refractivity (Wildman–Crippen MR) is 90.7 cm³/mol. The normalized spacial score (nSPS) is 14.7. The lowest BCUT2D eigenvalue weighted by molar-refractivity contribution is -0.127. The first-order chi connectivity index (χ1) is 10.2. The second-order valence-electron chi connectivity index (χ2n) is 6.64. The monoisotopic (exact) mass is 306 g/mol. The van der Waals surface area contributed by atoms with Crippen LogP contribution >= 0.6 is 0 Å². The van der Waals surface area contributed by atoms with Crippen LogP contribution in [0.4, 0.5) is 0 Å². The Labute approximate surface area is 134 Å². The lowest BCUT2D eigenvalue weighted by atomic mass is 10.0. The number of nitrogens with zero attached hydrogens (tertiary/aromatic N) is 1. The van der Waals surface area contributed by atoms with E-state index in [2.05, 4.69) is 5.32 Å². The Balaban J connectivity index is 2.72. The first-order valence-electron chi connectivity index (χ1n) is 7.98. The van der Waals surface area contributed by atoms with Crippen LogP contribution in [0.15, 0.2) is 24.3 Å². The average Bonchev–Trinajstić information content (AvgIpc) is 2.43. The number of amides is 1. The minimum atomic E-state index is -0.813. The molecule has 4 heteroatoms. The van der Waals surface area contributed by atoms with Crippen LogP contribution < -0.4 is 5.32 Å². The third kappa shape index (κ3) is 5.43. The van der Waals surface area contributed by atoms with Gasteiger partial charge in [0.1, 0.15) is 0 Å². The van der Waals surface area contributed by atoms with Crippen molar-refractivity contribution in [3.05, 3.63) is 35.4 Å². The standard InChI is InChI=1S/C18H30N2O2/c1-7-20(12-18(5,6)22)15(4)17(21)19-14(3)16-11-9-8-10-13(16)2/h8-11,14-15,22H,7,12H2,1-6H3,(H,19,21). The molecule has 0 saturated carbocycles. The topological polar surface area (TPSA) is 52.6 Å². The van der Waals surface area contributed by atoms with Gasteiger partial charge in [0.15, 0.2) is 0 Å². The number of rotatable bonds is 7. The van der Waals surface area contributed by atoms with Crippen molar-refractivity contribution in [1.29, 1.82) is 0 Å². The highest BCUT2D eigenvalue weighted by atomic mass is 16.3. The molecule has 1 aromatic carbocycles. The molecular formula is C18H30N2O2. The quantitative estimate of drug-likeness (QED) is 0.814. The van der Waals surface area contributed by atoms with Crippen LogP contribution in [0.2, 0.25) is 0 Å². The first-order valence-corrected chi connectivity index (χ1v) is 7.98. The van der Waals surface area contributed by atoms with Gasteiger partial charge in [0.05, 0.1) is 17.7 Å². The van der Waals surface area contributed by atoms with Crippen molar-refractivity contribution in [1.82, 2.24) is 10.2 Å². The molecule has 0 saturated heterocycles. The van der Waals surface area contributed by atoms with Gasteiger partial charge in [-0.2, -0.15) is 0 Å². The fourth-order valence-electron chi connectivity index (χ4n) is 2.67. The fourth-order valence-corrected chi connectivity index (χ4v) is 2.67. The molecule has 0 radical (unpaired) electrons. The molecule has 0 bridgehead atoms. The predicted octanol–water partition coefficient (Wildman–Crippen LogP) is 2.65. The number of carbonyl (C=O) groups excluding carboxylic acids is 1. The first kappa shape index (κ1) is 18.7. The molecular weight excluding hydrogens is 276 g/mol. The highest BCUT2D eigenvalue weighted by Gasteiger charge is 2.26. The van der Waals surface area contributed by atoms with Crippen LogP contribution in [0.5, 0.6) is 0 Å². The van der Waals surface area contributed by atoms with Crippen LogP contribution in [-0.4, -0.2) is 40.6 Å². The SMILES string of the molecule is CCN(CC(C)(C)O)C(C)C(=O)NC(C)c1ccccc1C. The maximum atomic E-state index is 12.5. The molecule has 0 aliphatic heterocycles. The summed E-state index contributed by atoms with van der Waals surface area (Å²) in [4.78, 5) is 14.5.